The molecule has 0 aromatic rings. The zero-order valence-electron chi connectivity index (χ0n) is 26.2. The van der Waals surface area contributed by atoms with Gasteiger partial charge in [0, 0.05) is 39.5 Å². The maximum absolute atomic E-state index is 13.4. The molecule has 0 aromatic heterocycles. The van der Waals surface area contributed by atoms with Crippen LogP contribution in [0.5, 0.6) is 0 Å². The lowest BCUT2D eigenvalue weighted by molar-refractivity contribution is -0.217. The number of hydrogen-bond donors (Lipinski definition) is 1. The van der Waals surface area contributed by atoms with Gasteiger partial charge < -0.3 is 19.5 Å². The minimum absolute atomic E-state index is 0.00580. The summed E-state index contributed by atoms with van der Waals surface area (Å²) in [5, 5.41) is 10.8. The van der Waals surface area contributed by atoms with Gasteiger partial charge in [-0.2, -0.15) is 0 Å². The molecule has 4 rings (SSSR count). The molecule has 3 aliphatic carbocycles. The van der Waals surface area contributed by atoms with Gasteiger partial charge >= 0.3 is 5.97 Å². The maximum Gasteiger partial charge on any atom is 0.312 e. The average molecular weight is 578 g/mol. The van der Waals surface area contributed by atoms with Crippen molar-refractivity contribution in [2.24, 2.45) is 17.8 Å². The van der Waals surface area contributed by atoms with Crippen LogP contribution in [0.1, 0.15) is 91.9 Å². The van der Waals surface area contributed by atoms with E-state index in [1.54, 1.807) is 13.8 Å². The summed E-state index contributed by atoms with van der Waals surface area (Å²) in [7, 11) is 0. The van der Waals surface area contributed by atoms with Crippen LogP contribution in [0.3, 0.4) is 0 Å². The highest BCUT2D eigenvalue weighted by Gasteiger charge is 2.33. The summed E-state index contributed by atoms with van der Waals surface area (Å²) in [5.74, 6) is -0.882. The van der Waals surface area contributed by atoms with E-state index >= 15 is 0 Å². The van der Waals surface area contributed by atoms with Crippen molar-refractivity contribution in [2.45, 2.75) is 104 Å². The van der Waals surface area contributed by atoms with Gasteiger partial charge in [-0.05, 0) is 101 Å². The quantitative estimate of drug-likeness (QED) is 0.189. The summed E-state index contributed by atoms with van der Waals surface area (Å²) < 4.78 is 11.3. The molecule has 0 radical (unpaired) electrons. The Morgan fingerprint density at radius 1 is 0.976 bits per heavy atom. The molecule has 230 valence electrons. The van der Waals surface area contributed by atoms with Crippen LogP contribution in [-0.2, 0) is 19.1 Å². The molecule has 0 aromatic carbocycles. The predicted molar refractivity (Wildman–Crippen MR) is 167 cm³/mol. The SMILES string of the molecule is C=CC1CC(=CC2=CC(=CC3=CC(=CC)CC(C(=O)OC(C)(C)OCC)C3)CC(O)C2)CC(C(=O)N2CCCCC2)C1. The molecule has 0 spiro atoms. The largest absolute Gasteiger partial charge is 0.433 e. The zero-order valence-corrected chi connectivity index (χ0v) is 26.2. The fourth-order valence-corrected chi connectivity index (χ4v) is 6.97. The molecule has 4 unspecified atom stereocenters. The maximum atomic E-state index is 13.4. The summed E-state index contributed by atoms with van der Waals surface area (Å²) >= 11 is 0. The average Bonchev–Trinajstić information content (AvgIpc) is 2.96. The predicted octanol–water partition coefficient (Wildman–Crippen LogP) is 7.13. The number of amides is 1. The monoisotopic (exact) mass is 577 g/mol. The van der Waals surface area contributed by atoms with Gasteiger partial charge in [-0.3, -0.25) is 9.59 Å². The highest BCUT2D eigenvalue weighted by Crippen LogP contribution is 2.38. The van der Waals surface area contributed by atoms with Gasteiger partial charge in [-0.25, -0.2) is 0 Å². The Kier molecular flexibility index (Phi) is 11.2. The molecule has 1 N–H and O–H groups in total. The molecule has 1 saturated carbocycles. The standard InChI is InChI=1S/C36H51NO5/c1-6-25-14-27(21-31(19-25)34(39)37-12-10-9-11-13-37)16-29-18-30(24-33(38)23-29)17-28-15-26(7-2)20-32(22-28)35(40)42-36(4,5)41-8-3/h6-7,15-18,25,31-33,38H,1,8-14,19-24H2,2-5H3. The normalized spacial score (nSPS) is 30.2. The Hall–Kier alpha value is -2.70. The van der Waals surface area contributed by atoms with Crippen molar-refractivity contribution < 1.29 is 24.2 Å². The fourth-order valence-electron chi connectivity index (χ4n) is 6.97. The molecular weight excluding hydrogens is 526 g/mol. The Bertz CT molecular complexity index is 1160. The van der Waals surface area contributed by atoms with Crippen molar-refractivity contribution >= 4 is 11.9 Å². The molecule has 4 atom stereocenters. The van der Waals surface area contributed by atoms with Crippen molar-refractivity contribution in [3.63, 3.8) is 0 Å². The van der Waals surface area contributed by atoms with E-state index in [1.807, 2.05) is 26.0 Å². The molecule has 1 saturated heterocycles. The first-order valence-corrected chi connectivity index (χ1v) is 16.0. The van der Waals surface area contributed by atoms with Gasteiger partial charge in [-0.15, -0.1) is 6.58 Å². The number of aliphatic hydroxyl groups excluding tert-OH is 1. The number of aliphatic hydroxyl groups is 1. The van der Waals surface area contributed by atoms with Gasteiger partial charge in [0.2, 0.25) is 11.7 Å². The first kappa shape index (κ1) is 32.2. The molecule has 6 nitrogen and oxygen atoms in total. The van der Waals surface area contributed by atoms with Crippen LogP contribution in [0, 0.1) is 17.8 Å². The lowest BCUT2D eigenvalue weighted by atomic mass is 9.76. The van der Waals surface area contributed by atoms with Crippen LogP contribution in [-0.4, -0.2) is 53.5 Å². The minimum atomic E-state index is -0.957. The summed E-state index contributed by atoms with van der Waals surface area (Å²) in [6.45, 7) is 13.7. The van der Waals surface area contributed by atoms with E-state index in [2.05, 4.69) is 35.8 Å². The minimum Gasteiger partial charge on any atom is -0.433 e. The number of rotatable bonds is 8. The van der Waals surface area contributed by atoms with Crippen LogP contribution >= 0.6 is 0 Å². The molecule has 1 heterocycles. The van der Waals surface area contributed by atoms with Crippen LogP contribution in [0.4, 0.5) is 0 Å². The second kappa shape index (κ2) is 14.7. The third kappa shape index (κ3) is 8.90. The van der Waals surface area contributed by atoms with Gasteiger partial charge in [0.25, 0.3) is 0 Å². The molecule has 4 aliphatic rings. The smallest absolute Gasteiger partial charge is 0.312 e. The topological polar surface area (TPSA) is 76.1 Å². The lowest BCUT2D eigenvalue weighted by Crippen LogP contribution is -2.41. The number of ether oxygens (including phenoxy) is 2. The van der Waals surface area contributed by atoms with E-state index in [0.717, 1.165) is 67.5 Å². The second-order valence-corrected chi connectivity index (χ2v) is 13.0. The summed E-state index contributed by atoms with van der Waals surface area (Å²) in [6.07, 6.45) is 20.7. The summed E-state index contributed by atoms with van der Waals surface area (Å²) in [4.78, 5) is 28.5. The van der Waals surface area contributed by atoms with E-state index in [1.165, 1.54) is 12.0 Å². The van der Waals surface area contributed by atoms with E-state index in [-0.39, 0.29) is 17.8 Å². The van der Waals surface area contributed by atoms with Gasteiger partial charge in [0.15, 0.2) is 0 Å². The highest BCUT2D eigenvalue weighted by molar-refractivity contribution is 5.79. The van der Waals surface area contributed by atoms with Crippen LogP contribution in [0.15, 0.2) is 70.9 Å². The molecule has 42 heavy (non-hydrogen) atoms. The number of allylic oxidation sites excluding steroid dienone is 9. The number of carbonyl (C=O) groups is 2. The molecule has 1 amide bonds. The lowest BCUT2D eigenvalue weighted by Gasteiger charge is -2.35. The van der Waals surface area contributed by atoms with Gasteiger partial charge in [0.1, 0.15) is 0 Å². The second-order valence-electron chi connectivity index (χ2n) is 13.0. The first-order valence-electron chi connectivity index (χ1n) is 16.0. The third-order valence-corrected chi connectivity index (χ3v) is 8.92. The number of piperidine rings is 1. The van der Waals surface area contributed by atoms with Crippen molar-refractivity contribution in [1.29, 1.82) is 0 Å². The highest BCUT2D eigenvalue weighted by atomic mass is 16.7. The zero-order chi connectivity index (χ0) is 30.3. The summed E-state index contributed by atoms with van der Waals surface area (Å²) in [5.41, 5.74) is 5.60. The van der Waals surface area contributed by atoms with Crippen molar-refractivity contribution in [3.05, 3.63) is 70.9 Å². The molecule has 2 fully saturated rings. The molecule has 6 heteroatoms. The number of carbonyl (C=O) groups excluding carboxylic acids is 2. The third-order valence-electron chi connectivity index (χ3n) is 8.92. The first-order chi connectivity index (χ1) is 20.1. The number of nitrogens with zero attached hydrogens (tertiary/aromatic N) is 1. The number of likely N-dealkylation sites (tertiary alicyclic amines) is 1. The molecule has 0 bridgehead atoms. The molecular formula is C36H51NO5. The van der Waals surface area contributed by atoms with E-state index in [4.69, 9.17) is 9.47 Å². The Morgan fingerprint density at radius 2 is 1.69 bits per heavy atom. The Balaban J connectivity index is 1.51. The molecule has 1 aliphatic heterocycles. The summed E-state index contributed by atoms with van der Waals surface area (Å²) in [6, 6.07) is 0. The van der Waals surface area contributed by atoms with Crippen molar-refractivity contribution in [2.75, 3.05) is 19.7 Å². The van der Waals surface area contributed by atoms with Gasteiger partial charge in [-0.1, -0.05) is 47.6 Å². The van der Waals surface area contributed by atoms with Crippen molar-refractivity contribution in [3.8, 4) is 0 Å². The van der Waals surface area contributed by atoms with Gasteiger partial charge in [0.05, 0.1) is 12.0 Å². The number of hydrogen-bond acceptors (Lipinski definition) is 5. The van der Waals surface area contributed by atoms with E-state index in [0.29, 0.717) is 44.1 Å². The van der Waals surface area contributed by atoms with E-state index < -0.39 is 11.9 Å². The van der Waals surface area contributed by atoms with Crippen molar-refractivity contribution in [1.82, 2.24) is 4.90 Å². The van der Waals surface area contributed by atoms with Crippen LogP contribution in [0.2, 0.25) is 0 Å². The van der Waals surface area contributed by atoms with E-state index in [9.17, 15) is 14.7 Å². The Morgan fingerprint density at radius 3 is 2.38 bits per heavy atom. The van der Waals surface area contributed by atoms with Crippen LogP contribution in [0.25, 0.3) is 0 Å². The van der Waals surface area contributed by atoms with Crippen LogP contribution < -0.4 is 0 Å². The fraction of sp³-hybridized carbons (Fsp3) is 0.611. The number of esters is 1. The Labute approximate surface area is 252 Å².